The monoisotopic (exact) mass is 944 g/mol. The van der Waals surface area contributed by atoms with Crippen LogP contribution in [-0.2, 0) is 13.0 Å². The molecule has 3 aliphatic heterocycles. The van der Waals surface area contributed by atoms with Gasteiger partial charge in [0.25, 0.3) is 5.91 Å². The van der Waals surface area contributed by atoms with E-state index < -0.39 is 0 Å². The topological polar surface area (TPSA) is 165 Å². The highest BCUT2D eigenvalue weighted by molar-refractivity contribution is 6.31. The molecule has 1 amide bonds. The third kappa shape index (κ3) is 10.3. The molecule has 0 unspecified atom stereocenters. The van der Waals surface area contributed by atoms with E-state index in [-0.39, 0.29) is 28.9 Å². The highest BCUT2D eigenvalue weighted by Gasteiger charge is 2.64. The summed E-state index contributed by atoms with van der Waals surface area (Å²) in [6.45, 7) is 21.8. The number of nitriles is 1. The number of amides is 1. The molecule has 9 rings (SSSR count). The summed E-state index contributed by atoms with van der Waals surface area (Å²) in [7, 11) is 0. The first kappa shape index (κ1) is 47.3. The van der Waals surface area contributed by atoms with Crippen LogP contribution in [0.1, 0.15) is 93.8 Å². The van der Waals surface area contributed by atoms with Crippen molar-refractivity contribution in [1.82, 2.24) is 44.7 Å². The van der Waals surface area contributed by atoms with Gasteiger partial charge in [-0.3, -0.25) is 9.69 Å². The number of anilines is 3. The second-order valence-corrected chi connectivity index (χ2v) is 20.6. The maximum absolute atomic E-state index is 13.5. The van der Waals surface area contributed by atoms with Crippen molar-refractivity contribution in [2.24, 2.45) is 16.7 Å². The van der Waals surface area contributed by atoms with E-state index in [0.717, 1.165) is 113 Å². The van der Waals surface area contributed by atoms with Crippen molar-refractivity contribution < 1.29 is 14.3 Å². The van der Waals surface area contributed by atoms with Gasteiger partial charge in [-0.25, -0.2) is 19.9 Å². The molecule has 4 aromatic heterocycles. The van der Waals surface area contributed by atoms with E-state index in [0.29, 0.717) is 52.8 Å². The Balaban J connectivity index is 0.666. The normalized spacial score (nSPS) is 21.0. The molecule has 4 aliphatic rings. The number of carbonyl (C=O) groups excluding carboxylic acids is 1. The zero-order chi connectivity index (χ0) is 47.4. The molecule has 1 saturated carbocycles. The first-order valence-corrected chi connectivity index (χ1v) is 24.9. The largest absolute Gasteiger partial charge is 0.489 e. The van der Waals surface area contributed by atoms with Crippen molar-refractivity contribution in [3.8, 4) is 17.7 Å². The maximum atomic E-state index is 13.5. The van der Waals surface area contributed by atoms with Gasteiger partial charge in [0.2, 0.25) is 11.8 Å². The molecule has 360 valence electrons. The van der Waals surface area contributed by atoms with Gasteiger partial charge in [-0.15, -0.1) is 0 Å². The first-order chi connectivity index (χ1) is 32.9. The van der Waals surface area contributed by atoms with Crippen LogP contribution in [-0.4, -0.2) is 129 Å². The highest BCUT2D eigenvalue weighted by Crippen LogP contribution is 2.55. The average molecular weight is 945 g/mol. The molecule has 0 radical (unpaired) electrons. The van der Waals surface area contributed by atoms with Crippen molar-refractivity contribution in [3.63, 3.8) is 0 Å². The number of fused-ring (bicyclic) bond motifs is 1. The number of pyridine rings is 1. The number of halogens is 1. The zero-order valence-corrected chi connectivity index (χ0v) is 41.0. The fourth-order valence-electron chi connectivity index (χ4n) is 11.0. The number of benzene rings is 1. The second kappa shape index (κ2) is 20.5. The predicted molar refractivity (Wildman–Crippen MR) is 265 cm³/mol. The van der Waals surface area contributed by atoms with Crippen LogP contribution in [0.2, 0.25) is 5.02 Å². The predicted octanol–water partition coefficient (Wildman–Crippen LogP) is 7.13. The van der Waals surface area contributed by atoms with Crippen LogP contribution in [0.4, 0.5) is 17.6 Å². The molecule has 0 atom stereocenters. The number of piperazine rings is 1. The van der Waals surface area contributed by atoms with Crippen molar-refractivity contribution in [3.05, 3.63) is 88.5 Å². The lowest BCUT2D eigenvalue weighted by Gasteiger charge is -2.63. The first-order valence-electron chi connectivity index (χ1n) is 24.5. The molecule has 0 spiro atoms. The van der Waals surface area contributed by atoms with E-state index in [9.17, 15) is 10.1 Å². The van der Waals surface area contributed by atoms with E-state index in [4.69, 9.17) is 26.1 Å². The molecule has 5 aromatic rings. The Morgan fingerprint density at radius 2 is 1.60 bits per heavy atom. The Bertz CT molecular complexity index is 2540. The van der Waals surface area contributed by atoms with Crippen LogP contribution >= 0.6 is 11.6 Å². The molecular formula is C51H66ClN13O3. The summed E-state index contributed by atoms with van der Waals surface area (Å²) in [6.07, 6.45) is 13.7. The number of piperidine rings is 2. The summed E-state index contributed by atoms with van der Waals surface area (Å²) in [5.41, 5.74) is 3.26. The van der Waals surface area contributed by atoms with E-state index in [2.05, 4.69) is 103 Å². The van der Waals surface area contributed by atoms with Crippen LogP contribution in [0, 0.1) is 28.1 Å². The summed E-state index contributed by atoms with van der Waals surface area (Å²) in [5.74, 6) is 4.31. The highest BCUT2D eigenvalue weighted by atomic mass is 35.5. The van der Waals surface area contributed by atoms with Gasteiger partial charge in [-0.2, -0.15) is 14.9 Å². The minimum Gasteiger partial charge on any atom is -0.489 e. The fourth-order valence-corrected chi connectivity index (χ4v) is 11.2. The van der Waals surface area contributed by atoms with E-state index in [1.807, 2.05) is 23.0 Å². The lowest BCUT2D eigenvalue weighted by atomic mass is 9.49. The smallest absolute Gasteiger partial charge is 0.254 e. The molecule has 1 aliphatic carbocycles. The standard InChI is InChI=1S/C51H66ClN13O3/c1-6-37-33-58-65-42(27-43(59-45(37)65)63-16-8-7-9-17-63)54-29-36-10-13-44(55-30-36)67-25-24-61-20-22-62(23-21-61)34-35-14-18-64(19-15-35)49-56-31-39(32-57-49)46(66)60-47-50(2,3)48(51(47,4)5)68-40-12-11-38(28-53)41(52)26-40/h10-13,26-27,30-33,35,47-48,54H,6-9,14-25,29,34H2,1-5H3,(H,60,66). The average Bonchev–Trinajstić information content (AvgIpc) is 3.79. The summed E-state index contributed by atoms with van der Waals surface area (Å²) in [5, 5.41) is 21.1. The van der Waals surface area contributed by atoms with E-state index in [1.54, 1.807) is 30.6 Å². The van der Waals surface area contributed by atoms with E-state index >= 15 is 0 Å². The van der Waals surface area contributed by atoms with Crippen LogP contribution in [0.25, 0.3) is 5.65 Å². The number of nitrogens with zero attached hydrogens (tertiary/aromatic N) is 11. The lowest BCUT2D eigenvalue weighted by Crippen LogP contribution is -2.74. The van der Waals surface area contributed by atoms with Crippen LogP contribution in [0.3, 0.4) is 0 Å². The molecule has 3 saturated heterocycles. The van der Waals surface area contributed by atoms with Gasteiger partial charge in [0.05, 0.1) is 22.3 Å². The third-order valence-corrected chi connectivity index (χ3v) is 15.0. The molecule has 7 heterocycles. The zero-order valence-electron chi connectivity index (χ0n) is 40.3. The van der Waals surface area contributed by atoms with Crippen molar-refractivity contribution in [1.29, 1.82) is 5.26 Å². The number of nitrogens with one attached hydrogen (secondary N) is 2. The third-order valence-electron chi connectivity index (χ3n) is 14.7. The van der Waals surface area contributed by atoms with Gasteiger partial charge in [-0.1, -0.05) is 52.3 Å². The lowest BCUT2D eigenvalue weighted by molar-refractivity contribution is -0.164. The Kier molecular flexibility index (Phi) is 14.2. The molecule has 0 bridgehead atoms. The number of aryl methyl sites for hydroxylation is 1. The van der Waals surface area contributed by atoms with Gasteiger partial charge in [0.1, 0.15) is 36.2 Å². The quantitative estimate of drug-likeness (QED) is 0.103. The number of aromatic nitrogens is 6. The summed E-state index contributed by atoms with van der Waals surface area (Å²) in [6, 6.07) is 13.2. The molecular weight excluding hydrogens is 878 g/mol. The van der Waals surface area contributed by atoms with Crippen molar-refractivity contribution >= 4 is 40.7 Å². The Morgan fingerprint density at radius 3 is 2.28 bits per heavy atom. The van der Waals surface area contributed by atoms with Gasteiger partial charge < -0.3 is 34.8 Å². The van der Waals surface area contributed by atoms with Crippen LogP contribution in [0.15, 0.2) is 61.2 Å². The number of hydrogen-bond donors (Lipinski definition) is 2. The molecule has 16 nitrogen and oxygen atoms in total. The summed E-state index contributed by atoms with van der Waals surface area (Å²) in [4.78, 5) is 42.1. The van der Waals surface area contributed by atoms with Crippen LogP contribution < -0.4 is 29.9 Å². The molecule has 68 heavy (non-hydrogen) atoms. The van der Waals surface area contributed by atoms with E-state index in [1.165, 1.54) is 19.3 Å². The number of ether oxygens (including phenoxy) is 2. The minimum absolute atomic E-state index is 0.152. The molecule has 4 fully saturated rings. The van der Waals surface area contributed by atoms with Crippen molar-refractivity contribution in [2.45, 2.75) is 91.8 Å². The van der Waals surface area contributed by atoms with Gasteiger partial charge in [-0.05, 0) is 62.1 Å². The number of rotatable bonds is 16. The minimum atomic E-state index is -0.367. The second-order valence-electron chi connectivity index (χ2n) is 20.2. The van der Waals surface area contributed by atoms with Crippen LogP contribution in [0.5, 0.6) is 11.6 Å². The Hall–Kier alpha value is -5.76. The molecule has 17 heteroatoms. The van der Waals surface area contributed by atoms with Gasteiger partial charge >= 0.3 is 0 Å². The number of hydrogen-bond acceptors (Lipinski definition) is 14. The Morgan fingerprint density at radius 1 is 0.868 bits per heavy atom. The SMILES string of the molecule is CCc1cnn2c(NCc3ccc(OCCN4CCN(CC5CCN(c6ncc(C(=O)NC7C(C)(C)C(Oc8ccc(C#N)c(Cl)c8)C7(C)C)cn6)CC5)CC4)nc3)cc(N3CCCCC3)nc12. The number of carbonyl (C=O) groups is 1. The van der Waals surface area contributed by atoms with Gasteiger partial charge in [0.15, 0.2) is 5.65 Å². The maximum Gasteiger partial charge on any atom is 0.254 e. The molecule has 1 aromatic carbocycles. The molecule has 2 N–H and O–H groups in total. The summed E-state index contributed by atoms with van der Waals surface area (Å²) >= 11 is 6.27. The van der Waals surface area contributed by atoms with Gasteiger partial charge in [0, 0.05) is 131 Å². The van der Waals surface area contributed by atoms with Crippen molar-refractivity contribution in [2.75, 3.05) is 87.2 Å². The summed E-state index contributed by atoms with van der Waals surface area (Å²) < 4.78 is 14.4. The Labute approximate surface area is 405 Å². The fraction of sp³-hybridized carbons (Fsp3) is 0.549.